The van der Waals surface area contributed by atoms with E-state index >= 15 is 0 Å². The molecule has 0 bridgehead atoms. The molecule has 0 saturated heterocycles. The molecule has 0 aromatic heterocycles. The van der Waals surface area contributed by atoms with E-state index in [4.69, 9.17) is 9.53 Å². The van der Waals surface area contributed by atoms with Gasteiger partial charge in [-0.1, -0.05) is 47.5 Å². The molecular weight excluding hydrogens is 228 g/mol. The minimum absolute atomic E-state index is 0.344. The molecule has 0 aromatic carbocycles. The molecule has 0 aliphatic heterocycles. The highest BCUT2D eigenvalue weighted by atomic mass is 28.4. The van der Waals surface area contributed by atoms with Gasteiger partial charge in [0.25, 0.3) is 0 Å². The summed E-state index contributed by atoms with van der Waals surface area (Å²) >= 11 is 0. The van der Waals surface area contributed by atoms with Crippen molar-refractivity contribution in [1.29, 1.82) is 0 Å². The Bertz CT molecular complexity index is 160. The predicted octanol–water partition coefficient (Wildman–Crippen LogP) is 4.59. The Labute approximate surface area is 110 Å². The van der Waals surface area contributed by atoms with Crippen LogP contribution in [-0.4, -0.2) is 26.6 Å². The Kier molecular flexibility index (Phi) is 11.6. The SMILES string of the molecule is CCCCO.CCCCO[Si](C)(C)C(C)(C)C. The lowest BCUT2D eigenvalue weighted by atomic mass is 10.2. The molecule has 0 atom stereocenters. The second-order valence-electron chi connectivity index (χ2n) is 6.04. The molecular formula is C14H34O2Si. The zero-order valence-electron chi connectivity index (χ0n) is 13.1. The summed E-state index contributed by atoms with van der Waals surface area (Å²) in [6.07, 6.45) is 4.47. The Hall–Kier alpha value is 0.137. The van der Waals surface area contributed by atoms with E-state index in [-0.39, 0.29) is 0 Å². The lowest BCUT2D eigenvalue weighted by Gasteiger charge is -2.36. The van der Waals surface area contributed by atoms with Crippen LogP contribution in [0.5, 0.6) is 0 Å². The lowest BCUT2D eigenvalue weighted by molar-refractivity contribution is 0.281. The molecule has 0 aromatic rings. The fourth-order valence-corrected chi connectivity index (χ4v) is 1.93. The summed E-state index contributed by atoms with van der Waals surface area (Å²) in [6.45, 7) is 17.0. The first-order valence-electron chi connectivity index (χ1n) is 6.97. The van der Waals surface area contributed by atoms with Crippen LogP contribution in [0.4, 0.5) is 0 Å². The highest BCUT2D eigenvalue weighted by molar-refractivity contribution is 6.74. The molecule has 0 spiro atoms. The summed E-state index contributed by atoms with van der Waals surface area (Å²) in [5.41, 5.74) is 0. The van der Waals surface area contributed by atoms with E-state index in [0.717, 1.165) is 19.4 Å². The molecule has 0 saturated carbocycles. The van der Waals surface area contributed by atoms with Crippen molar-refractivity contribution in [2.45, 2.75) is 78.4 Å². The van der Waals surface area contributed by atoms with E-state index in [0.29, 0.717) is 11.6 Å². The van der Waals surface area contributed by atoms with E-state index in [1.165, 1.54) is 12.8 Å². The van der Waals surface area contributed by atoms with Crippen LogP contribution in [0.15, 0.2) is 0 Å². The first-order valence-corrected chi connectivity index (χ1v) is 9.88. The maximum Gasteiger partial charge on any atom is 0.191 e. The van der Waals surface area contributed by atoms with Crippen LogP contribution in [0.25, 0.3) is 0 Å². The van der Waals surface area contributed by atoms with E-state index < -0.39 is 8.32 Å². The van der Waals surface area contributed by atoms with E-state index in [1.54, 1.807) is 0 Å². The molecule has 0 unspecified atom stereocenters. The minimum Gasteiger partial charge on any atom is -0.417 e. The van der Waals surface area contributed by atoms with Crippen molar-refractivity contribution in [3.8, 4) is 0 Å². The van der Waals surface area contributed by atoms with Gasteiger partial charge in [0.15, 0.2) is 8.32 Å². The Balaban J connectivity index is 0. The van der Waals surface area contributed by atoms with Crippen molar-refractivity contribution in [2.24, 2.45) is 0 Å². The van der Waals surface area contributed by atoms with Gasteiger partial charge in [-0.05, 0) is 31.0 Å². The van der Waals surface area contributed by atoms with Gasteiger partial charge in [0, 0.05) is 13.2 Å². The molecule has 2 nitrogen and oxygen atoms in total. The van der Waals surface area contributed by atoms with Gasteiger partial charge in [-0.15, -0.1) is 0 Å². The molecule has 106 valence electrons. The molecule has 0 radical (unpaired) electrons. The largest absolute Gasteiger partial charge is 0.417 e. The van der Waals surface area contributed by atoms with Crippen LogP contribution in [0.3, 0.4) is 0 Å². The van der Waals surface area contributed by atoms with Gasteiger partial charge in [0.1, 0.15) is 0 Å². The predicted molar refractivity (Wildman–Crippen MR) is 80.1 cm³/mol. The van der Waals surface area contributed by atoms with Crippen molar-refractivity contribution in [3.63, 3.8) is 0 Å². The Morgan fingerprint density at radius 2 is 1.47 bits per heavy atom. The number of hydrogen-bond acceptors (Lipinski definition) is 2. The maximum atomic E-state index is 8.07. The molecule has 0 aliphatic rings. The molecule has 17 heavy (non-hydrogen) atoms. The van der Waals surface area contributed by atoms with Gasteiger partial charge in [0.2, 0.25) is 0 Å². The number of rotatable bonds is 6. The average Bonchev–Trinajstić information content (AvgIpc) is 2.18. The van der Waals surface area contributed by atoms with Crippen molar-refractivity contribution in [2.75, 3.05) is 13.2 Å². The number of aliphatic hydroxyl groups is 1. The highest BCUT2D eigenvalue weighted by Crippen LogP contribution is 2.36. The van der Waals surface area contributed by atoms with Crippen molar-refractivity contribution in [3.05, 3.63) is 0 Å². The lowest BCUT2D eigenvalue weighted by Crippen LogP contribution is -2.40. The molecule has 3 heteroatoms. The van der Waals surface area contributed by atoms with Gasteiger partial charge in [-0.3, -0.25) is 0 Å². The summed E-state index contributed by atoms with van der Waals surface area (Å²) in [7, 11) is -1.44. The summed E-state index contributed by atoms with van der Waals surface area (Å²) in [4.78, 5) is 0. The third kappa shape index (κ3) is 11.0. The molecule has 0 fully saturated rings. The smallest absolute Gasteiger partial charge is 0.191 e. The second kappa shape index (κ2) is 10.1. The third-order valence-electron chi connectivity index (χ3n) is 3.28. The topological polar surface area (TPSA) is 29.5 Å². The van der Waals surface area contributed by atoms with Gasteiger partial charge < -0.3 is 9.53 Å². The van der Waals surface area contributed by atoms with Crippen molar-refractivity contribution in [1.82, 2.24) is 0 Å². The van der Waals surface area contributed by atoms with E-state index in [2.05, 4.69) is 47.7 Å². The zero-order valence-corrected chi connectivity index (χ0v) is 14.1. The Morgan fingerprint density at radius 3 is 1.71 bits per heavy atom. The molecule has 0 amide bonds. The van der Waals surface area contributed by atoms with E-state index in [9.17, 15) is 0 Å². The first-order chi connectivity index (χ1) is 7.72. The van der Waals surface area contributed by atoms with Gasteiger partial charge in [0.05, 0.1) is 0 Å². The number of unbranched alkanes of at least 4 members (excludes halogenated alkanes) is 2. The quantitative estimate of drug-likeness (QED) is 0.560. The van der Waals surface area contributed by atoms with Crippen LogP contribution >= 0.6 is 0 Å². The summed E-state index contributed by atoms with van der Waals surface area (Å²) in [5, 5.41) is 8.43. The maximum absolute atomic E-state index is 8.07. The summed E-state index contributed by atoms with van der Waals surface area (Å²) in [5.74, 6) is 0. The number of aliphatic hydroxyl groups excluding tert-OH is 1. The minimum atomic E-state index is -1.44. The van der Waals surface area contributed by atoms with Gasteiger partial charge >= 0.3 is 0 Å². The monoisotopic (exact) mass is 262 g/mol. The summed E-state index contributed by atoms with van der Waals surface area (Å²) < 4.78 is 5.97. The Morgan fingerprint density at radius 1 is 1.00 bits per heavy atom. The van der Waals surface area contributed by atoms with Crippen LogP contribution in [0.2, 0.25) is 18.1 Å². The third-order valence-corrected chi connectivity index (χ3v) is 7.82. The standard InChI is InChI=1S/C10H24OSi.C4H10O/c1-7-8-9-11-12(5,6)10(2,3)4;1-2-3-4-5/h7-9H2,1-6H3;5H,2-4H2,1H3. The van der Waals surface area contributed by atoms with Crippen LogP contribution in [0, 0.1) is 0 Å². The molecule has 0 rings (SSSR count). The fourth-order valence-electron chi connectivity index (χ4n) is 0.846. The van der Waals surface area contributed by atoms with Crippen LogP contribution in [-0.2, 0) is 4.43 Å². The van der Waals surface area contributed by atoms with Crippen LogP contribution < -0.4 is 0 Å². The van der Waals surface area contributed by atoms with E-state index in [1.807, 2.05) is 0 Å². The summed E-state index contributed by atoms with van der Waals surface area (Å²) in [6, 6.07) is 0. The highest BCUT2D eigenvalue weighted by Gasteiger charge is 2.36. The first kappa shape index (κ1) is 19.5. The van der Waals surface area contributed by atoms with Gasteiger partial charge in [-0.25, -0.2) is 0 Å². The average molecular weight is 263 g/mol. The van der Waals surface area contributed by atoms with Crippen molar-refractivity contribution < 1.29 is 9.53 Å². The molecule has 0 aliphatic carbocycles. The van der Waals surface area contributed by atoms with Gasteiger partial charge in [-0.2, -0.15) is 0 Å². The van der Waals surface area contributed by atoms with Crippen LogP contribution in [0.1, 0.15) is 60.3 Å². The van der Waals surface area contributed by atoms with Crippen molar-refractivity contribution >= 4 is 8.32 Å². The zero-order chi connectivity index (χ0) is 13.9. The second-order valence-corrected chi connectivity index (χ2v) is 10.8. The normalized spacial score (nSPS) is 12.0. The molecule has 1 N–H and O–H groups in total. The fraction of sp³-hybridized carbons (Fsp3) is 1.00. The molecule has 0 heterocycles. The number of hydrogen-bond donors (Lipinski definition) is 1.